The molecule has 5 aromatic rings. The molecule has 6 rings (SSSR count). The Bertz CT molecular complexity index is 2250. The number of carbonyl (C=O) groups excluding carboxylic acids is 1. The van der Waals surface area contributed by atoms with E-state index in [1.807, 2.05) is 62.4 Å². The zero-order chi connectivity index (χ0) is 33.9. The molecule has 0 fully saturated rings. The van der Waals surface area contributed by atoms with E-state index >= 15 is 0 Å². The largest absolute Gasteiger partial charge is 0.497 e. The quantitative estimate of drug-likeness (QED) is 0.153. The van der Waals surface area contributed by atoms with Crippen molar-refractivity contribution in [3.05, 3.63) is 160 Å². The zero-order valence-corrected chi connectivity index (χ0v) is 27.5. The highest BCUT2D eigenvalue weighted by molar-refractivity contribution is 7.07. The third kappa shape index (κ3) is 6.53. The highest BCUT2D eigenvalue weighted by Gasteiger charge is 2.32. The number of nitro groups is 1. The third-order valence-electron chi connectivity index (χ3n) is 8.08. The number of nitro benzene ring substituents is 1. The first-order valence-electron chi connectivity index (χ1n) is 15.1. The average molecular weight is 661 g/mol. The Morgan fingerprint density at radius 2 is 1.75 bits per heavy atom. The molecule has 0 spiro atoms. The summed E-state index contributed by atoms with van der Waals surface area (Å²) in [5.74, 6) is 0.847. The van der Waals surface area contributed by atoms with Crippen LogP contribution in [0.3, 0.4) is 0 Å². The van der Waals surface area contributed by atoms with Crippen LogP contribution < -0.4 is 29.7 Å². The topological polar surface area (TPSA) is 125 Å². The van der Waals surface area contributed by atoms with E-state index in [0.29, 0.717) is 43.4 Å². The summed E-state index contributed by atoms with van der Waals surface area (Å²) in [6.45, 7) is 5.90. The molecule has 10 nitrogen and oxygen atoms in total. The number of thiazole rings is 1. The van der Waals surface area contributed by atoms with Crippen molar-refractivity contribution in [1.82, 2.24) is 4.57 Å². The van der Waals surface area contributed by atoms with Crippen LogP contribution in [0.25, 0.3) is 6.08 Å². The molecule has 0 aliphatic carbocycles. The highest BCUT2D eigenvalue weighted by atomic mass is 32.1. The number of para-hydroxylation sites is 1. The van der Waals surface area contributed by atoms with Crippen LogP contribution in [0.5, 0.6) is 11.5 Å². The van der Waals surface area contributed by atoms with E-state index in [1.54, 1.807) is 55.0 Å². The van der Waals surface area contributed by atoms with Crippen molar-refractivity contribution in [1.29, 1.82) is 0 Å². The number of ether oxygens (including phenoxy) is 2. The van der Waals surface area contributed by atoms with Gasteiger partial charge in [-0.25, -0.2) is 4.99 Å². The number of hydrogen-bond acceptors (Lipinski definition) is 8. The first-order chi connectivity index (χ1) is 23.1. The minimum absolute atomic E-state index is 0.00334. The second-order valence-electron chi connectivity index (χ2n) is 11.4. The predicted molar refractivity (Wildman–Crippen MR) is 185 cm³/mol. The van der Waals surface area contributed by atoms with E-state index < -0.39 is 11.0 Å². The molecule has 1 aromatic heterocycles. The number of nitrogens with one attached hydrogen (secondary N) is 1. The number of aromatic nitrogens is 1. The standard InChI is InChI=1S/C37H32N4O6S/c1-22-9-18-30(23(2)19-22)39-35(42)33-24(3)38-37-40(34(33)26-12-16-29(46-4)17-13-26)36(43)32(48-37)20-27-7-5-6-8-31(27)47-21-25-10-14-28(15-11-25)41(44)45/h5-20,34H,21H2,1-4H3,(H,39,42)/b32-20+/t34-/m0/s1. The molecular formula is C37H32N4O6S. The Morgan fingerprint density at radius 1 is 1.02 bits per heavy atom. The average Bonchev–Trinajstić information content (AvgIpc) is 3.38. The van der Waals surface area contributed by atoms with Gasteiger partial charge in [-0.15, -0.1) is 0 Å². The number of allylic oxidation sites excluding steroid dienone is 1. The predicted octanol–water partition coefficient (Wildman–Crippen LogP) is 5.99. The van der Waals surface area contributed by atoms with Crippen molar-refractivity contribution in [2.24, 2.45) is 4.99 Å². The number of hydrogen-bond donors (Lipinski definition) is 1. The molecule has 1 N–H and O–H groups in total. The number of amides is 1. The minimum Gasteiger partial charge on any atom is -0.497 e. The molecule has 0 unspecified atom stereocenters. The molecule has 2 heterocycles. The lowest BCUT2D eigenvalue weighted by molar-refractivity contribution is -0.384. The fraction of sp³-hybridized carbons (Fsp3) is 0.162. The van der Waals surface area contributed by atoms with E-state index in [-0.39, 0.29) is 23.8 Å². The van der Waals surface area contributed by atoms with Crippen LogP contribution in [-0.2, 0) is 11.4 Å². The van der Waals surface area contributed by atoms with Crippen LogP contribution in [0.4, 0.5) is 11.4 Å². The van der Waals surface area contributed by atoms with Crippen LogP contribution in [0, 0.1) is 24.0 Å². The smallest absolute Gasteiger partial charge is 0.271 e. The lowest BCUT2D eigenvalue weighted by Gasteiger charge is -2.25. The summed E-state index contributed by atoms with van der Waals surface area (Å²) < 4.78 is 13.4. The van der Waals surface area contributed by atoms with Crippen molar-refractivity contribution in [2.75, 3.05) is 12.4 Å². The summed E-state index contributed by atoms with van der Waals surface area (Å²) in [6.07, 6.45) is 1.76. The van der Waals surface area contributed by atoms with Gasteiger partial charge in [-0.05, 0) is 79.9 Å². The fourth-order valence-corrected chi connectivity index (χ4v) is 6.64. The number of carbonyl (C=O) groups is 1. The summed E-state index contributed by atoms with van der Waals surface area (Å²) in [4.78, 5) is 44.0. The van der Waals surface area contributed by atoms with E-state index in [2.05, 4.69) is 5.32 Å². The van der Waals surface area contributed by atoms with Crippen molar-refractivity contribution in [3.63, 3.8) is 0 Å². The van der Waals surface area contributed by atoms with Gasteiger partial charge in [0, 0.05) is 23.4 Å². The Labute approximate surface area is 280 Å². The maximum absolute atomic E-state index is 14.2. The van der Waals surface area contributed by atoms with Gasteiger partial charge in [0.1, 0.15) is 18.1 Å². The molecule has 1 aliphatic rings. The summed E-state index contributed by atoms with van der Waals surface area (Å²) in [5.41, 5.74) is 5.45. The molecule has 4 aromatic carbocycles. The number of rotatable bonds is 9. The summed E-state index contributed by atoms with van der Waals surface area (Å²) >= 11 is 1.23. The first-order valence-corrected chi connectivity index (χ1v) is 15.9. The number of fused-ring (bicyclic) bond motifs is 1. The van der Waals surface area contributed by atoms with Crippen LogP contribution in [0.1, 0.15) is 40.8 Å². The molecule has 242 valence electrons. The second-order valence-corrected chi connectivity index (χ2v) is 12.4. The van der Waals surface area contributed by atoms with E-state index in [4.69, 9.17) is 14.5 Å². The molecule has 0 saturated carbocycles. The maximum Gasteiger partial charge on any atom is 0.271 e. The van der Waals surface area contributed by atoms with Gasteiger partial charge in [0.2, 0.25) is 0 Å². The van der Waals surface area contributed by atoms with E-state index in [9.17, 15) is 19.7 Å². The van der Waals surface area contributed by atoms with Crippen LogP contribution in [0.2, 0.25) is 0 Å². The Hall–Kier alpha value is -5.81. The SMILES string of the molecule is COc1ccc([C@H]2C(C(=O)Nc3ccc(C)cc3C)=C(C)N=c3s/c(=C/c4ccccc4OCc4ccc([N+](=O)[O-])cc4)c(=O)n32)cc1. The van der Waals surface area contributed by atoms with Crippen LogP contribution >= 0.6 is 11.3 Å². The molecule has 0 radical (unpaired) electrons. The fourth-order valence-electron chi connectivity index (χ4n) is 5.60. The third-order valence-corrected chi connectivity index (χ3v) is 9.06. The number of anilines is 1. The van der Waals surface area contributed by atoms with Gasteiger partial charge in [-0.3, -0.25) is 24.3 Å². The van der Waals surface area contributed by atoms with Crippen molar-refractivity contribution in [2.45, 2.75) is 33.4 Å². The molecule has 0 bridgehead atoms. The van der Waals surface area contributed by atoms with Gasteiger partial charge in [0.05, 0.1) is 33.9 Å². The van der Waals surface area contributed by atoms with Gasteiger partial charge >= 0.3 is 0 Å². The molecule has 1 amide bonds. The van der Waals surface area contributed by atoms with E-state index in [0.717, 1.165) is 22.3 Å². The summed E-state index contributed by atoms with van der Waals surface area (Å²) in [6, 6.07) is 25.9. The van der Waals surface area contributed by atoms with Crippen LogP contribution in [0.15, 0.2) is 112 Å². The van der Waals surface area contributed by atoms with Gasteiger partial charge < -0.3 is 14.8 Å². The van der Waals surface area contributed by atoms with Gasteiger partial charge in [-0.2, -0.15) is 0 Å². The van der Waals surface area contributed by atoms with Crippen molar-refractivity contribution < 1.29 is 19.2 Å². The Morgan fingerprint density at radius 3 is 2.44 bits per heavy atom. The lowest BCUT2D eigenvalue weighted by Crippen LogP contribution is -2.40. The highest BCUT2D eigenvalue weighted by Crippen LogP contribution is 2.32. The van der Waals surface area contributed by atoms with E-state index in [1.165, 1.54) is 23.5 Å². The van der Waals surface area contributed by atoms with Crippen LogP contribution in [-0.4, -0.2) is 22.5 Å². The number of non-ortho nitro benzene ring substituents is 1. The molecular weight excluding hydrogens is 628 g/mol. The molecule has 1 atom stereocenters. The molecule has 11 heteroatoms. The number of benzene rings is 4. The summed E-state index contributed by atoms with van der Waals surface area (Å²) in [5, 5.41) is 14.1. The lowest BCUT2D eigenvalue weighted by atomic mass is 9.95. The molecule has 1 aliphatic heterocycles. The van der Waals surface area contributed by atoms with Gasteiger partial charge in [-0.1, -0.05) is 59.4 Å². The molecule has 0 saturated heterocycles. The minimum atomic E-state index is -0.742. The molecule has 48 heavy (non-hydrogen) atoms. The zero-order valence-electron chi connectivity index (χ0n) is 26.7. The number of methoxy groups -OCH3 is 1. The maximum atomic E-state index is 14.2. The van der Waals surface area contributed by atoms with Gasteiger partial charge in [0.25, 0.3) is 17.2 Å². The second kappa shape index (κ2) is 13.5. The van der Waals surface area contributed by atoms with Gasteiger partial charge in [0.15, 0.2) is 4.80 Å². The first kappa shape index (κ1) is 32.1. The Kier molecular flexibility index (Phi) is 9.04. The normalized spacial score (nSPS) is 14.2. The summed E-state index contributed by atoms with van der Waals surface area (Å²) in [7, 11) is 1.58. The van der Waals surface area contributed by atoms with Crippen molar-refractivity contribution in [3.8, 4) is 11.5 Å². The van der Waals surface area contributed by atoms with Crippen molar-refractivity contribution >= 4 is 34.7 Å². The monoisotopic (exact) mass is 660 g/mol. The Balaban J connectivity index is 1.39. The number of aryl methyl sites for hydroxylation is 2. The number of nitrogens with zero attached hydrogens (tertiary/aromatic N) is 3.